The standard InChI is InChI=1S/3Mn.2H3O4P.2S.W/c;;;2*1-5(2,3)4;;;/h;;;2*(H3,1,2,3,4);;;/q3*+2;;;;;/p-6. The van der Waals surface area contributed by atoms with E-state index in [-0.39, 0.29) is 51.2 Å². The average molecular weight is 603 g/mol. The SMILES string of the molecule is O=P([O-])([O-])[O-].O=P([O-])([O-])[O-].[Mn+2].[Mn+2].[Mn+2].[S]=[W]=[S]. The molecule has 16 heavy (non-hydrogen) atoms. The van der Waals surface area contributed by atoms with Gasteiger partial charge < -0.3 is 38.5 Å². The second kappa shape index (κ2) is 20.2. The van der Waals surface area contributed by atoms with Gasteiger partial charge in [-0.2, -0.15) is 15.6 Å². The molecular weight excluding hydrogens is 603 g/mol. The van der Waals surface area contributed by atoms with Crippen LogP contribution in [0.25, 0.3) is 0 Å². The third-order valence-corrected chi connectivity index (χ3v) is 0. The molecule has 0 heterocycles. The van der Waals surface area contributed by atoms with E-state index in [1.807, 2.05) is 0 Å². The fourth-order valence-electron chi connectivity index (χ4n) is 0. The van der Waals surface area contributed by atoms with Crippen LogP contribution in [0.2, 0.25) is 0 Å². The molecular formula is Mn3O8P2S2W. The van der Waals surface area contributed by atoms with Crippen LogP contribution < -0.4 is 29.4 Å². The Morgan fingerprint density at radius 2 is 0.688 bits per heavy atom. The van der Waals surface area contributed by atoms with Crippen molar-refractivity contribution in [3.05, 3.63) is 0 Å². The van der Waals surface area contributed by atoms with Crippen LogP contribution in [-0.4, -0.2) is 0 Å². The summed E-state index contributed by atoms with van der Waals surface area (Å²) in [5, 5.41) is 0. The molecule has 0 aliphatic carbocycles. The van der Waals surface area contributed by atoms with Crippen LogP contribution in [0.15, 0.2) is 0 Å². The first kappa shape index (κ1) is 36.4. The molecule has 0 bridgehead atoms. The second-order valence-corrected chi connectivity index (χ2v) is 7.70. The molecule has 16 heteroatoms. The van der Waals surface area contributed by atoms with Crippen molar-refractivity contribution < 1.29 is 105 Å². The van der Waals surface area contributed by atoms with Gasteiger partial charge in [-0.15, -0.1) is 0 Å². The summed E-state index contributed by atoms with van der Waals surface area (Å²) in [6.45, 7) is 0. The first-order valence-corrected chi connectivity index (χ1v) is 12.6. The molecule has 0 aliphatic heterocycles. The topological polar surface area (TPSA) is 172 Å². The summed E-state index contributed by atoms with van der Waals surface area (Å²) in [6.07, 6.45) is 0. The monoisotopic (exact) mass is 603 g/mol. The molecule has 0 rings (SSSR count). The Morgan fingerprint density at radius 1 is 0.688 bits per heavy atom. The molecule has 0 atom stereocenters. The maximum absolute atomic E-state index is 8.55. The minimum atomic E-state index is -5.39. The Hall–Kier alpha value is 2.91. The third kappa shape index (κ3) is 506. The van der Waals surface area contributed by atoms with E-state index < -0.39 is 30.6 Å². The van der Waals surface area contributed by atoms with Crippen molar-refractivity contribution in [2.75, 3.05) is 0 Å². The number of rotatable bonds is 0. The summed E-state index contributed by atoms with van der Waals surface area (Å²) in [5.74, 6) is 0. The van der Waals surface area contributed by atoms with Gasteiger partial charge in [0.15, 0.2) is 0 Å². The van der Waals surface area contributed by atoms with Gasteiger partial charge in [-0.05, 0) is 0 Å². The van der Waals surface area contributed by atoms with Gasteiger partial charge in [-0.1, -0.05) is 0 Å². The Kier molecular flexibility index (Phi) is 46.0. The normalized spacial score (nSPS) is 8.12. The zero-order valence-electron chi connectivity index (χ0n) is 6.52. The molecule has 0 saturated carbocycles. The van der Waals surface area contributed by atoms with Crippen LogP contribution in [0.3, 0.4) is 0 Å². The van der Waals surface area contributed by atoms with Crippen LogP contribution in [-0.2, 0) is 75.3 Å². The first-order chi connectivity index (χ1) is 5.41. The summed E-state index contributed by atoms with van der Waals surface area (Å²) in [6, 6.07) is 0. The fourth-order valence-corrected chi connectivity index (χ4v) is 0. The summed E-state index contributed by atoms with van der Waals surface area (Å²) >= 11 is -0.583. The first-order valence-electron chi connectivity index (χ1n) is 1.79. The van der Waals surface area contributed by atoms with E-state index in [0.717, 1.165) is 0 Å². The fraction of sp³-hybridized carbons (Fsp3) is 0. The van der Waals surface area contributed by atoms with Gasteiger partial charge in [-0.25, -0.2) is 0 Å². The molecule has 8 nitrogen and oxygen atoms in total. The van der Waals surface area contributed by atoms with Crippen LogP contribution in [0.5, 0.6) is 0 Å². The predicted molar refractivity (Wildman–Crippen MR) is 30.4 cm³/mol. The molecule has 0 aromatic heterocycles. The van der Waals surface area contributed by atoms with E-state index >= 15 is 0 Å². The summed E-state index contributed by atoms with van der Waals surface area (Å²) in [4.78, 5) is 51.3. The molecule has 0 aromatic rings. The van der Waals surface area contributed by atoms with Crippen molar-refractivity contribution in [1.29, 1.82) is 0 Å². The van der Waals surface area contributed by atoms with Gasteiger partial charge in [0.05, 0.1) is 0 Å². The van der Waals surface area contributed by atoms with Gasteiger partial charge in [0.2, 0.25) is 0 Å². The van der Waals surface area contributed by atoms with Gasteiger partial charge in [-0.3, -0.25) is 0 Å². The van der Waals surface area contributed by atoms with Crippen molar-refractivity contribution in [2.45, 2.75) is 0 Å². The van der Waals surface area contributed by atoms with Crippen molar-refractivity contribution in [3.8, 4) is 0 Å². The van der Waals surface area contributed by atoms with Crippen LogP contribution in [0.1, 0.15) is 0 Å². The van der Waals surface area contributed by atoms with Crippen molar-refractivity contribution in [2.24, 2.45) is 0 Å². The Morgan fingerprint density at radius 3 is 0.688 bits per heavy atom. The van der Waals surface area contributed by atoms with Crippen LogP contribution in [0, 0.1) is 0 Å². The predicted octanol–water partition coefficient (Wildman–Crippen LogP) is -4.36. The van der Waals surface area contributed by atoms with Crippen LogP contribution >= 0.6 is 35.3 Å². The molecule has 0 aliphatic rings. The van der Waals surface area contributed by atoms with Crippen LogP contribution in [0.4, 0.5) is 0 Å². The number of hydrogen-bond acceptors (Lipinski definition) is 10. The van der Waals surface area contributed by atoms with Crippen molar-refractivity contribution in [3.63, 3.8) is 0 Å². The molecule has 0 unspecified atom stereocenters. The summed E-state index contributed by atoms with van der Waals surface area (Å²) in [7, 11) is -2.03. The zero-order valence-corrected chi connectivity index (χ0v) is 16.4. The van der Waals surface area contributed by atoms with E-state index in [4.69, 9.17) is 38.5 Å². The van der Waals surface area contributed by atoms with E-state index in [0.29, 0.717) is 0 Å². The van der Waals surface area contributed by atoms with E-state index in [9.17, 15) is 0 Å². The second-order valence-electron chi connectivity index (χ2n) is 0.962. The van der Waals surface area contributed by atoms with E-state index in [2.05, 4.69) is 19.6 Å². The van der Waals surface area contributed by atoms with Crippen molar-refractivity contribution in [1.82, 2.24) is 0 Å². The molecule has 0 amide bonds. The zero-order chi connectivity index (χ0) is 11.7. The Bertz CT molecular complexity index is 205. The summed E-state index contributed by atoms with van der Waals surface area (Å²) in [5.41, 5.74) is 0. The molecule has 0 fully saturated rings. The van der Waals surface area contributed by atoms with E-state index in [1.165, 1.54) is 0 Å². The molecule has 0 spiro atoms. The van der Waals surface area contributed by atoms with Crippen molar-refractivity contribution >= 4 is 35.3 Å². The van der Waals surface area contributed by atoms with Gasteiger partial charge >= 0.3 is 85.8 Å². The van der Waals surface area contributed by atoms with E-state index in [1.54, 1.807) is 0 Å². The molecule has 97 valence electrons. The molecule has 0 saturated heterocycles. The maximum atomic E-state index is 8.55. The number of phosphoric acid groups is 2. The quantitative estimate of drug-likeness (QED) is 0.195. The molecule has 0 N–H and O–H groups in total. The Balaban J connectivity index is -0.0000000220. The van der Waals surface area contributed by atoms with Gasteiger partial charge in [0.1, 0.15) is 0 Å². The molecule has 0 aromatic carbocycles. The minimum absolute atomic E-state index is 0. The third-order valence-electron chi connectivity index (χ3n) is 0. The summed E-state index contributed by atoms with van der Waals surface area (Å²) < 4.78 is 17.1. The van der Waals surface area contributed by atoms with Gasteiger partial charge in [0.25, 0.3) is 0 Å². The Labute approximate surface area is 138 Å². The number of hydrogen-bond donors (Lipinski definition) is 0. The molecule has 3 radical (unpaired) electrons. The average Bonchev–Trinajstić information content (AvgIpc) is 1.52. The van der Waals surface area contributed by atoms with Gasteiger partial charge in [0, 0.05) is 0 Å².